The van der Waals surface area contributed by atoms with Gasteiger partial charge in [0.15, 0.2) is 0 Å². The first-order valence-corrected chi connectivity index (χ1v) is 13.1. The summed E-state index contributed by atoms with van der Waals surface area (Å²) < 4.78 is 27.3. The minimum atomic E-state index is -3.56. The first-order valence-electron chi connectivity index (χ1n) is 11.6. The molecule has 1 fully saturated rings. The maximum absolute atomic E-state index is 13.4. The highest BCUT2D eigenvalue weighted by Gasteiger charge is 2.39. The molecule has 4 rings (SSSR count). The van der Waals surface area contributed by atoms with Crippen molar-refractivity contribution in [2.45, 2.75) is 44.9 Å². The van der Waals surface area contributed by atoms with Crippen LogP contribution in [0.2, 0.25) is 0 Å². The normalized spacial score (nSPS) is 19.8. The number of fused-ring (bicyclic) bond motifs is 1. The predicted molar refractivity (Wildman–Crippen MR) is 129 cm³/mol. The average Bonchev–Trinajstić information content (AvgIpc) is 3.55. The number of carbonyl (C=O) groups is 2. The summed E-state index contributed by atoms with van der Waals surface area (Å²) in [6, 6.07) is 12.0. The number of hydrogen-bond donors (Lipinski definition) is 1. The number of rotatable bonds is 7. The molecule has 176 valence electrons. The van der Waals surface area contributed by atoms with Gasteiger partial charge >= 0.3 is 0 Å². The van der Waals surface area contributed by atoms with Crippen LogP contribution in [0.3, 0.4) is 0 Å². The number of sulfonamides is 1. The molecule has 0 radical (unpaired) electrons. The van der Waals surface area contributed by atoms with Crippen LogP contribution >= 0.6 is 0 Å². The molecule has 8 heteroatoms. The topological polar surface area (TPSA) is 86.8 Å². The summed E-state index contributed by atoms with van der Waals surface area (Å²) in [6.07, 6.45) is 2.38. The summed E-state index contributed by atoms with van der Waals surface area (Å²) >= 11 is 0. The van der Waals surface area contributed by atoms with E-state index in [4.69, 9.17) is 0 Å². The van der Waals surface area contributed by atoms with E-state index in [-0.39, 0.29) is 22.6 Å². The van der Waals surface area contributed by atoms with E-state index in [1.165, 1.54) is 4.31 Å². The zero-order valence-electron chi connectivity index (χ0n) is 19.4. The van der Waals surface area contributed by atoms with Crippen LogP contribution in [0.1, 0.15) is 49.5 Å². The Morgan fingerprint density at radius 3 is 2.52 bits per heavy atom. The van der Waals surface area contributed by atoms with Gasteiger partial charge in [-0.15, -0.1) is 0 Å². The predicted octanol–water partition coefficient (Wildman–Crippen LogP) is 3.90. The largest absolute Gasteiger partial charge is 0.326 e. The molecule has 2 atom stereocenters. The average molecular weight is 470 g/mol. The number of amides is 2. The van der Waals surface area contributed by atoms with Crippen molar-refractivity contribution in [3.05, 3.63) is 53.6 Å². The van der Waals surface area contributed by atoms with Crippen LogP contribution in [0.25, 0.3) is 0 Å². The highest BCUT2D eigenvalue weighted by molar-refractivity contribution is 7.89. The summed E-state index contributed by atoms with van der Waals surface area (Å²) in [5.74, 6) is 0.304. The molecule has 1 aliphatic heterocycles. The molecule has 1 aliphatic carbocycles. The van der Waals surface area contributed by atoms with E-state index >= 15 is 0 Å². The molecule has 2 aliphatic rings. The standard InChI is InChI=1S/C25H31N3O4S/c1-4-27(5-2)33(31,32)21-11-12-23-18(16-21)9-7-13-28(23)25(30)19-8-6-10-20(15-19)26-24(29)22-14-17(22)3/h6,8,10-12,15-17,22H,4-5,7,9,13-14H2,1-3H3,(H,26,29). The van der Waals surface area contributed by atoms with Gasteiger partial charge in [0.1, 0.15) is 0 Å². The van der Waals surface area contributed by atoms with Crippen molar-refractivity contribution >= 4 is 33.2 Å². The van der Waals surface area contributed by atoms with Crippen molar-refractivity contribution in [3.8, 4) is 0 Å². The van der Waals surface area contributed by atoms with Gasteiger partial charge in [-0.1, -0.05) is 26.8 Å². The fourth-order valence-electron chi connectivity index (χ4n) is 4.47. The van der Waals surface area contributed by atoms with E-state index in [0.29, 0.717) is 36.8 Å². The second-order valence-corrected chi connectivity index (χ2v) is 10.8. The molecular formula is C25H31N3O4S. The molecule has 7 nitrogen and oxygen atoms in total. The lowest BCUT2D eigenvalue weighted by Crippen LogP contribution is -2.36. The van der Waals surface area contributed by atoms with Crippen molar-refractivity contribution in [1.82, 2.24) is 4.31 Å². The van der Waals surface area contributed by atoms with Gasteiger partial charge < -0.3 is 10.2 Å². The molecule has 2 amide bonds. The van der Waals surface area contributed by atoms with E-state index in [2.05, 4.69) is 12.2 Å². The lowest BCUT2D eigenvalue weighted by Gasteiger charge is -2.30. The molecule has 0 spiro atoms. The highest BCUT2D eigenvalue weighted by atomic mass is 32.2. The third-order valence-electron chi connectivity index (χ3n) is 6.58. The van der Waals surface area contributed by atoms with Gasteiger partial charge in [-0.2, -0.15) is 4.31 Å². The zero-order valence-corrected chi connectivity index (χ0v) is 20.2. The smallest absolute Gasteiger partial charge is 0.258 e. The first-order chi connectivity index (χ1) is 15.8. The van der Waals surface area contributed by atoms with Gasteiger partial charge in [-0.3, -0.25) is 9.59 Å². The van der Waals surface area contributed by atoms with E-state index in [1.54, 1.807) is 47.4 Å². The summed E-state index contributed by atoms with van der Waals surface area (Å²) in [6.45, 7) is 7.07. The number of nitrogens with zero attached hydrogens (tertiary/aromatic N) is 2. The SMILES string of the molecule is CCN(CC)S(=O)(=O)c1ccc2c(c1)CCCN2C(=O)c1cccc(NC(=O)C2CC2C)c1. The van der Waals surface area contributed by atoms with Crippen molar-refractivity contribution < 1.29 is 18.0 Å². The molecule has 0 aromatic heterocycles. The van der Waals surface area contributed by atoms with Crippen LogP contribution in [0.4, 0.5) is 11.4 Å². The third-order valence-corrected chi connectivity index (χ3v) is 8.63. The minimum Gasteiger partial charge on any atom is -0.326 e. The van der Waals surface area contributed by atoms with Crippen LogP contribution in [0.15, 0.2) is 47.4 Å². The number of hydrogen-bond acceptors (Lipinski definition) is 4. The van der Waals surface area contributed by atoms with Crippen LogP contribution in [0, 0.1) is 11.8 Å². The maximum Gasteiger partial charge on any atom is 0.258 e. The summed E-state index contributed by atoms with van der Waals surface area (Å²) in [7, 11) is -3.56. The minimum absolute atomic E-state index is 0.00245. The van der Waals surface area contributed by atoms with Gasteiger partial charge in [0.2, 0.25) is 15.9 Å². The molecule has 0 bridgehead atoms. The molecule has 0 saturated heterocycles. The lowest BCUT2D eigenvalue weighted by atomic mass is 10.0. The van der Waals surface area contributed by atoms with Gasteiger partial charge in [0.25, 0.3) is 5.91 Å². The van der Waals surface area contributed by atoms with E-state index < -0.39 is 10.0 Å². The second kappa shape index (κ2) is 9.27. The van der Waals surface area contributed by atoms with Gasteiger partial charge in [-0.25, -0.2) is 8.42 Å². The fraction of sp³-hybridized carbons (Fsp3) is 0.440. The monoisotopic (exact) mass is 469 g/mol. The summed E-state index contributed by atoms with van der Waals surface area (Å²) in [5.41, 5.74) is 2.70. The molecule has 1 heterocycles. The van der Waals surface area contributed by atoms with Crippen molar-refractivity contribution in [2.75, 3.05) is 29.9 Å². The van der Waals surface area contributed by atoms with E-state index in [9.17, 15) is 18.0 Å². The Labute approximate surface area is 195 Å². The van der Waals surface area contributed by atoms with Crippen molar-refractivity contribution in [1.29, 1.82) is 0 Å². The van der Waals surface area contributed by atoms with Crippen LogP contribution < -0.4 is 10.2 Å². The molecule has 2 aromatic rings. The van der Waals surface area contributed by atoms with E-state index in [1.807, 2.05) is 13.8 Å². The Morgan fingerprint density at radius 2 is 1.85 bits per heavy atom. The van der Waals surface area contributed by atoms with Crippen LogP contribution in [-0.4, -0.2) is 44.2 Å². The second-order valence-electron chi connectivity index (χ2n) is 8.83. The lowest BCUT2D eigenvalue weighted by molar-refractivity contribution is -0.117. The number of benzene rings is 2. The van der Waals surface area contributed by atoms with E-state index in [0.717, 1.165) is 30.5 Å². The first kappa shape index (κ1) is 23.4. The van der Waals surface area contributed by atoms with Gasteiger partial charge in [-0.05, 0) is 67.1 Å². The summed E-state index contributed by atoms with van der Waals surface area (Å²) in [4.78, 5) is 27.6. The molecule has 2 unspecified atom stereocenters. The van der Waals surface area contributed by atoms with Crippen LogP contribution in [-0.2, 0) is 21.2 Å². The van der Waals surface area contributed by atoms with Crippen molar-refractivity contribution in [2.24, 2.45) is 11.8 Å². The van der Waals surface area contributed by atoms with Crippen molar-refractivity contribution in [3.63, 3.8) is 0 Å². The quantitative estimate of drug-likeness (QED) is 0.666. The Balaban J connectivity index is 1.57. The number of aryl methyl sites for hydroxylation is 1. The third kappa shape index (κ3) is 4.68. The number of carbonyl (C=O) groups excluding carboxylic acids is 2. The Kier molecular flexibility index (Phi) is 6.59. The molecule has 1 N–H and O–H groups in total. The Bertz CT molecular complexity index is 1170. The van der Waals surface area contributed by atoms with Gasteiger partial charge in [0, 0.05) is 42.5 Å². The zero-order chi connectivity index (χ0) is 23.8. The molecule has 2 aromatic carbocycles. The molecular weight excluding hydrogens is 438 g/mol. The number of anilines is 2. The maximum atomic E-state index is 13.4. The summed E-state index contributed by atoms with van der Waals surface area (Å²) in [5, 5.41) is 2.92. The Morgan fingerprint density at radius 1 is 1.12 bits per heavy atom. The van der Waals surface area contributed by atoms with Gasteiger partial charge in [0.05, 0.1) is 4.90 Å². The molecule has 1 saturated carbocycles. The highest BCUT2D eigenvalue weighted by Crippen LogP contribution is 2.38. The molecule has 33 heavy (non-hydrogen) atoms. The fourth-order valence-corrected chi connectivity index (χ4v) is 5.97. The van der Waals surface area contributed by atoms with Crippen LogP contribution in [0.5, 0.6) is 0 Å². The number of nitrogens with one attached hydrogen (secondary N) is 1. The Hall–Kier alpha value is -2.71.